The molecule has 0 aliphatic heterocycles. The molecule has 0 fully saturated rings. The van der Waals surface area contributed by atoms with E-state index in [2.05, 4.69) is 5.32 Å². The van der Waals surface area contributed by atoms with Crippen LogP contribution < -0.4 is 15.4 Å². The molecule has 0 saturated heterocycles. The first-order valence-electron chi connectivity index (χ1n) is 7.21. The number of anilines is 1. The molecule has 0 aliphatic carbocycles. The summed E-state index contributed by atoms with van der Waals surface area (Å²) in [6.07, 6.45) is -0.938. The molecule has 124 valence electrons. The smallest absolute Gasteiger partial charge is 0.420 e. The van der Waals surface area contributed by atoms with Crippen molar-refractivity contribution in [1.29, 1.82) is 0 Å². The Hall–Kier alpha value is -3.35. The van der Waals surface area contributed by atoms with E-state index < -0.39 is 18.1 Å². The van der Waals surface area contributed by atoms with Crippen LogP contribution in [0.2, 0.25) is 0 Å². The number of carbonyl (C=O) groups is 3. The molecular weight excluding hydrogens is 312 g/mol. The number of carbonyl (C=O) groups excluding carboxylic acids is 3. The number of imide groups is 1. The second-order valence-corrected chi connectivity index (χ2v) is 4.55. The van der Waals surface area contributed by atoms with E-state index in [9.17, 15) is 14.4 Å². The summed E-state index contributed by atoms with van der Waals surface area (Å²) in [5.74, 6) is -0.269. The van der Waals surface area contributed by atoms with Crippen LogP contribution in [0.1, 0.15) is 17.3 Å². The minimum atomic E-state index is -0.938. The largest absolute Gasteiger partial charge is 0.462 e. The Morgan fingerprint density at radius 1 is 0.958 bits per heavy atom. The normalized spacial score (nSPS) is 9.71. The van der Waals surface area contributed by atoms with E-state index in [-0.39, 0.29) is 17.9 Å². The first-order chi connectivity index (χ1) is 11.6. The van der Waals surface area contributed by atoms with Crippen molar-refractivity contribution < 1.29 is 23.9 Å². The van der Waals surface area contributed by atoms with Crippen molar-refractivity contribution in [3.63, 3.8) is 0 Å². The van der Waals surface area contributed by atoms with Crippen LogP contribution in [0.5, 0.6) is 5.75 Å². The van der Waals surface area contributed by atoms with E-state index in [1.165, 1.54) is 12.1 Å². The lowest BCUT2D eigenvalue weighted by Gasteiger charge is -2.10. The molecular formula is C17H16N2O5. The van der Waals surface area contributed by atoms with Crippen LogP contribution in [0.25, 0.3) is 0 Å². The fraction of sp³-hybridized carbons (Fsp3) is 0.118. The van der Waals surface area contributed by atoms with Gasteiger partial charge in [-0.3, -0.25) is 0 Å². The third-order valence-corrected chi connectivity index (χ3v) is 2.84. The molecule has 0 aromatic heterocycles. The number of rotatable bonds is 4. The minimum absolute atomic E-state index is 0.186. The lowest BCUT2D eigenvalue weighted by atomic mass is 10.2. The molecule has 2 N–H and O–H groups in total. The zero-order valence-corrected chi connectivity index (χ0v) is 12.9. The molecule has 0 unspecified atom stereocenters. The molecule has 7 nitrogen and oxygen atoms in total. The number of amides is 3. The maximum absolute atomic E-state index is 11.9. The highest BCUT2D eigenvalue weighted by atomic mass is 16.6. The maximum Gasteiger partial charge on any atom is 0.420 e. The summed E-state index contributed by atoms with van der Waals surface area (Å²) in [6, 6.07) is 13.8. The molecule has 0 saturated carbocycles. The van der Waals surface area contributed by atoms with Crippen LogP contribution >= 0.6 is 0 Å². The number of esters is 1. The van der Waals surface area contributed by atoms with Gasteiger partial charge in [0.1, 0.15) is 5.75 Å². The van der Waals surface area contributed by atoms with E-state index in [1.807, 2.05) is 5.32 Å². The summed E-state index contributed by atoms with van der Waals surface area (Å²) in [5.41, 5.74) is 0.409. The summed E-state index contributed by atoms with van der Waals surface area (Å²) in [5, 5.41) is 4.43. The van der Waals surface area contributed by atoms with Crippen LogP contribution in [0, 0.1) is 0 Å². The molecule has 7 heteroatoms. The number of para-hydroxylation sites is 2. The summed E-state index contributed by atoms with van der Waals surface area (Å²) < 4.78 is 9.84. The van der Waals surface area contributed by atoms with Gasteiger partial charge in [0, 0.05) is 0 Å². The Morgan fingerprint density at radius 3 is 2.33 bits per heavy atom. The highest BCUT2D eigenvalue weighted by Crippen LogP contribution is 2.16. The number of urea groups is 1. The SMILES string of the molecule is CCOC(=O)c1ccccc1NC(=O)NC(=O)Oc1ccccc1. The predicted molar refractivity (Wildman–Crippen MR) is 87.0 cm³/mol. The number of hydrogen-bond donors (Lipinski definition) is 2. The van der Waals surface area contributed by atoms with Crippen molar-refractivity contribution >= 4 is 23.8 Å². The Labute approximate surface area is 138 Å². The van der Waals surface area contributed by atoms with E-state index in [1.54, 1.807) is 49.4 Å². The van der Waals surface area contributed by atoms with Gasteiger partial charge in [0.25, 0.3) is 0 Å². The van der Waals surface area contributed by atoms with Gasteiger partial charge in [-0.05, 0) is 31.2 Å². The molecule has 0 atom stereocenters. The quantitative estimate of drug-likeness (QED) is 0.841. The molecule has 2 aromatic rings. The van der Waals surface area contributed by atoms with Gasteiger partial charge in [-0.1, -0.05) is 30.3 Å². The third kappa shape index (κ3) is 4.84. The van der Waals surface area contributed by atoms with Gasteiger partial charge in [0.05, 0.1) is 17.9 Å². The van der Waals surface area contributed by atoms with Crippen LogP contribution in [0.15, 0.2) is 54.6 Å². The monoisotopic (exact) mass is 328 g/mol. The maximum atomic E-state index is 11.9. The van der Waals surface area contributed by atoms with Crippen LogP contribution in [0.4, 0.5) is 15.3 Å². The Morgan fingerprint density at radius 2 is 1.62 bits per heavy atom. The molecule has 3 amide bonds. The molecule has 0 spiro atoms. The molecule has 0 radical (unpaired) electrons. The number of benzene rings is 2. The molecule has 0 aliphatic rings. The minimum Gasteiger partial charge on any atom is -0.462 e. The van der Waals surface area contributed by atoms with Gasteiger partial charge in [-0.2, -0.15) is 0 Å². The highest BCUT2D eigenvalue weighted by Gasteiger charge is 2.15. The molecule has 24 heavy (non-hydrogen) atoms. The van der Waals surface area contributed by atoms with E-state index in [0.717, 1.165) is 0 Å². The van der Waals surface area contributed by atoms with E-state index >= 15 is 0 Å². The highest BCUT2D eigenvalue weighted by molar-refractivity contribution is 6.04. The van der Waals surface area contributed by atoms with Crippen molar-refractivity contribution in [2.75, 3.05) is 11.9 Å². The first-order valence-corrected chi connectivity index (χ1v) is 7.21. The van der Waals surface area contributed by atoms with Gasteiger partial charge in [-0.15, -0.1) is 0 Å². The van der Waals surface area contributed by atoms with Gasteiger partial charge >= 0.3 is 18.1 Å². The number of hydrogen-bond acceptors (Lipinski definition) is 5. The van der Waals surface area contributed by atoms with Gasteiger partial charge < -0.3 is 14.8 Å². The molecule has 0 heterocycles. The summed E-state index contributed by atoms with van der Waals surface area (Å²) >= 11 is 0. The molecule has 2 rings (SSSR count). The van der Waals surface area contributed by atoms with E-state index in [4.69, 9.17) is 9.47 Å². The topological polar surface area (TPSA) is 93.7 Å². The predicted octanol–water partition coefficient (Wildman–Crippen LogP) is 3.18. The Kier molecular flexibility index (Phi) is 5.90. The summed E-state index contributed by atoms with van der Waals surface area (Å²) in [7, 11) is 0. The fourth-order valence-corrected chi connectivity index (χ4v) is 1.85. The van der Waals surface area contributed by atoms with Gasteiger partial charge in [0.15, 0.2) is 0 Å². The van der Waals surface area contributed by atoms with Gasteiger partial charge in [0.2, 0.25) is 0 Å². The van der Waals surface area contributed by atoms with Crippen LogP contribution in [-0.2, 0) is 4.74 Å². The van der Waals surface area contributed by atoms with Crippen LogP contribution in [0.3, 0.4) is 0 Å². The zero-order chi connectivity index (χ0) is 17.4. The average molecular weight is 328 g/mol. The van der Waals surface area contributed by atoms with Crippen molar-refractivity contribution in [3.8, 4) is 5.75 Å². The number of nitrogens with one attached hydrogen (secondary N) is 2. The van der Waals surface area contributed by atoms with Crippen molar-refractivity contribution in [1.82, 2.24) is 5.32 Å². The second kappa shape index (κ2) is 8.33. The lowest BCUT2D eigenvalue weighted by Crippen LogP contribution is -2.36. The Balaban J connectivity index is 1.97. The van der Waals surface area contributed by atoms with Crippen LogP contribution in [-0.4, -0.2) is 24.7 Å². The lowest BCUT2D eigenvalue weighted by molar-refractivity contribution is 0.0527. The first kappa shape index (κ1) is 17.0. The van der Waals surface area contributed by atoms with Crippen molar-refractivity contribution in [2.45, 2.75) is 6.92 Å². The van der Waals surface area contributed by atoms with Crippen molar-refractivity contribution in [3.05, 3.63) is 60.2 Å². The molecule has 2 aromatic carbocycles. The summed E-state index contributed by atoms with van der Waals surface area (Å²) in [6.45, 7) is 1.89. The fourth-order valence-electron chi connectivity index (χ4n) is 1.85. The third-order valence-electron chi connectivity index (χ3n) is 2.84. The number of ether oxygens (including phenoxy) is 2. The second-order valence-electron chi connectivity index (χ2n) is 4.55. The zero-order valence-electron chi connectivity index (χ0n) is 12.9. The average Bonchev–Trinajstić information content (AvgIpc) is 2.56. The standard InChI is InChI=1S/C17H16N2O5/c1-2-23-15(20)13-10-6-7-11-14(13)18-16(21)19-17(22)24-12-8-4-3-5-9-12/h3-11H,2H2,1H3,(H2,18,19,21,22). The summed E-state index contributed by atoms with van der Waals surface area (Å²) in [4.78, 5) is 35.3. The van der Waals surface area contributed by atoms with Gasteiger partial charge in [-0.25, -0.2) is 19.7 Å². The van der Waals surface area contributed by atoms with E-state index in [0.29, 0.717) is 5.75 Å². The Bertz CT molecular complexity index is 731. The molecule has 0 bridgehead atoms. The van der Waals surface area contributed by atoms with Crippen molar-refractivity contribution in [2.24, 2.45) is 0 Å².